The van der Waals surface area contributed by atoms with Crippen molar-refractivity contribution in [3.8, 4) is 5.69 Å². The molecule has 0 aliphatic heterocycles. The highest BCUT2D eigenvalue weighted by Crippen LogP contribution is 2.60. The number of fused-ring (bicyclic) bond motifs is 1. The molecule has 4 nitrogen and oxygen atoms in total. The zero-order valence-electron chi connectivity index (χ0n) is 12.4. The van der Waals surface area contributed by atoms with Gasteiger partial charge in [0.05, 0.1) is 11.1 Å². The van der Waals surface area contributed by atoms with E-state index in [1.165, 1.54) is 24.5 Å². The van der Waals surface area contributed by atoms with Gasteiger partial charge < -0.3 is 0 Å². The third-order valence-corrected chi connectivity index (χ3v) is 4.49. The number of nitrogens with zero attached hydrogens (tertiary/aromatic N) is 3. The summed E-state index contributed by atoms with van der Waals surface area (Å²) in [5.74, 6) is 0. The van der Waals surface area contributed by atoms with E-state index in [4.69, 9.17) is 0 Å². The Kier molecular flexibility index (Phi) is 3.03. The van der Waals surface area contributed by atoms with Gasteiger partial charge in [-0.05, 0) is 36.6 Å². The Morgan fingerprint density at radius 2 is 1.79 bits per heavy atom. The third-order valence-electron chi connectivity index (χ3n) is 4.49. The summed E-state index contributed by atoms with van der Waals surface area (Å²) in [5, 5.41) is 0.587. The molecule has 1 saturated carbocycles. The van der Waals surface area contributed by atoms with Crippen LogP contribution in [0, 0.1) is 0 Å². The second kappa shape index (κ2) is 4.90. The molecule has 0 unspecified atom stereocenters. The predicted octanol–water partition coefficient (Wildman–Crippen LogP) is 3.37. The molecule has 24 heavy (non-hydrogen) atoms. The molecular weight excluding hydrogens is 319 g/mol. The molecule has 122 valence electrons. The number of aromatic nitrogens is 3. The van der Waals surface area contributed by atoms with E-state index in [1.54, 1.807) is 24.3 Å². The first-order valence-corrected chi connectivity index (χ1v) is 7.43. The second-order valence-corrected chi connectivity index (χ2v) is 5.89. The van der Waals surface area contributed by atoms with Gasteiger partial charge in [-0.15, -0.1) is 0 Å². The molecule has 2 aromatic heterocycles. The summed E-state index contributed by atoms with van der Waals surface area (Å²) in [4.78, 5) is 20.3. The van der Waals surface area contributed by atoms with Crippen molar-refractivity contribution in [3.63, 3.8) is 0 Å². The van der Waals surface area contributed by atoms with E-state index >= 15 is 0 Å². The highest BCUT2D eigenvalue weighted by molar-refractivity contribution is 5.75. The normalized spacial score (nSPS) is 16.3. The minimum absolute atomic E-state index is 0.0217. The summed E-state index contributed by atoms with van der Waals surface area (Å²) in [6, 6.07) is 9.51. The third kappa shape index (κ3) is 2.04. The zero-order chi connectivity index (χ0) is 16.9. The van der Waals surface area contributed by atoms with Crippen molar-refractivity contribution >= 4 is 11.0 Å². The highest BCUT2D eigenvalue weighted by atomic mass is 19.4. The molecule has 0 amide bonds. The second-order valence-electron chi connectivity index (χ2n) is 5.89. The number of para-hydroxylation sites is 1. The lowest BCUT2D eigenvalue weighted by Gasteiger charge is -2.23. The molecule has 3 aromatic rings. The van der Waals surface area contributed by atoms with Crippen LogP contribution in [0.25, 0.3) is 16.7 Å². The van der Waals surface area contributed by atoms with Crippen molar-refractivity contribution in [3.05, 3.63) is 64.8 Å². The van der Waals surface area contributed by atoms with E-state index in [1.807, 2.05) is 0 Å². The molecule has 7 heteroatoms. The highest BCUT2D eigenvalue weighted by Gasteiger charge is 2.65. The fraction of sp³-hybridized carbons (Fsp3) is 0.235. The summed E-state index contributed by atoms with van der Waals surface area (Å²) in [7, 11) is 0. The Morgan fingerprint density at radius 1 is 1.04 bits per heavy atom. The molecule has 1 aromatic carbocycles. The van der Waals surface area contributed by atoms with Gasteiger partial charge in [-0.25, -0.2) is 19.3 Å². The molecule has 1 aliphatic carbocycles. The Hall–Kier alpha value is -2.70. The Balaban J connectivity index is 2.04. The van der Waals surface area contributed by atoms with Crippen molar-refractivity contribution in [1.29, 1.82) is 0 Å². The van der Waals surface area contributed by atoms with Crippen LogP contribution in [0.5, 0.6) is 0 Å². The monoisotopic (exact) mass is 331 g/mol. The van der Waals surface area contributed by atoms with Crippen LogP contribution < -0.4 is 5.69 Å². The molecule has 0 bridgehead atoms. The van der Waals surface area contributed by atoms with Crippen LogP contribution in [-0.2, 0) is 5.41 Å². The van der Waals surface area contributed by atoms with Crippen LogP contribution in [-0.4, -0.2) is 20.7 Å². The molecular formula is C17H12F3N3O. The summed E-state index contributed by atoms with van der Waals surface area (Å²) in [6.07, 6.45) is -1.45. The average Bonchev–Trinajstić information content (AvgIpc) is 3.36. The Labute approximate surface area is 134 Å². The standard InChI is InChI=1S/C17H12F3N3O/c18-17(19,20)16(7-8-16)12-5-1-2-6-13(12)23-14-11(4-3-9-21-14)10-22-15(23)24/h1-6,9-10H,7-8H2. The topological polar surface area (TPSA) is 47.8 Å². The maximum atomic E-state index is 13.6. The summed E-state index contributed by atoms with van der Waals surface area (Å²) in [6.45, 7) is 0. The van der Waals surface area contributed by atoms with Crippen LogP contribution in [0.4, 0.5) is 13.2 Å². The largest absolute Gasteiger partial charge is 0.398 e. The predicted molar refractivity (Wildman–Crippen MR) is 82.1 cm³/mol. The lowest BCUT2D eigenvalue weighted by atomic mass is 9.93. The molecule has 0 N–H and O–H groups in total. The Bertz CT molecular complexity index is 990. The molecule has 0 radical (unpaired) electrons. The Morgan fingerprint density at radius 3 is 2.50 bits per heavy atom. The van der Waals surface area contributed by atoms with Crippen molar-refractivity contribution < 1.29 is 13.2 Å². The van der Waals surface area contributed by atoms with Gasteiger partial charge in [-0.2, -0.15) is 13.2 Å². The number of halogens is 3. The van der Waals surface area contributed by atoms with Gasteiger partial charge in [0.1, 0.15) is 5.65 Å². The fourth-order valence-electron chi connectivity index (χ4n) is 3.09. The quantitative estimate of drug-likeness (QED) is 0.723. The van der Waals surface area contributed by atoms with Crippen molar-refractivity contribution in [2.45, 2.75) is 24.4 Å². The minimum Gasteiger partial charge on any atom is -0.245 e. The first-order valence-electron chi connectivity index (χ1n) is 7.43. The van der Waals surface area contributed by atoms with E-state index < -0.39 is 17.3 Å². The molecule has 4 rings (SSSR count). The van der Waals surface area contributed by atoms with Crippen molar-refractivity contribution in [2.75, 3.05) is 0 Å². The smallest absolute Gasteiger partial charge is 0.245 e. The van der Waals surface area contributed by atoms with Gasteiger partial charge in [0, 0.05) is 17.8 Å². The number of rotatable bonds is 2. The zero-order valence-corrected chi connectivity index (χ0v) is 12.4. The molecule has 0 spiro atoms. The molecule has 2 heterocycles. The summed E-state index contributed by atoms with van der Waals surface area (Å²) >= 11 is 0. The van der Waals surface area contributed by atoms with E-state index in [-0.39, 0.29) is 24.1 Å². The van der Waals surface area contributed by atoms with Gasteiger partial charge in [-0.1, -0.05) is 18.2 Å². The first-order chi connectivity index (χ1) is 11.4. The average molecular weight is 331 g/mol. The van der Waals surface area contributed by atoms with E-state index in [2.05, 4.69) is 9.97 Å². The SMILES string of the molecule is O=c1ncc2cccnc2n1-c1ccccc1C1(C(F)(F)F)CC1. The van der Waals surface area contributed by atoms with Crippen LogP contribution in [0.3, 0.4) is 0 Å². The lowest BCUT2D eigenvalue weighted by molar-refractivity contribution is -0.160. The number of hydrogen-bond donors (Lipinski definition) is 0. The van der Waals surface area contributed by atoms with Crippen molar-refractivity contribution in [1.82, 2.24) is 14.5 Å². The van der Waals surface area contributed by atoms with Crippen LogP contribution in [0.1, 0.15) is 18.4 Å². The van der Waals surface area contributed by atoms with Gasteiger partial charge >= 0.3 is 11.9 Å². The number of benzene rings is 1. The summed E-state index contributed by atoms with van der Waals surface area (Å²) in [5.41, 5.74) is -1.96. The van der Waals surface area contributed by atoms with Gasteiger partial charge in [0.25, 0.3) is 0 Å². The summed E-state index contributed by atoms with van der Waals surface area (Å²) < 4.78 is 41.9. The van der Waals surface area contributed by atoms with Gasteiger partial charge in [-0.3, -0.25) is 0 Å². The molecule has 0 atom stereocenters. The van der Waals surface area contributed by atoms with Crippen LogP contribution in [0.2, 0.25) is 0 Å². The molecule has 1 fully saturated rings. The number of hydrogen-bond acceptors (Lipinski definition) is 3. The van der Waals surface area contributed by atoms with Crippen molar-refractivity contribution in [2.24, 2.45) is 0 Å². The van der Waals surface area contributed by atoms with E-state index in [9.17, 15) is 18.0 Å². The van der Waals surface area contributed by atoms with Gasteiger partial charge in [0.15, 0.2) is 0 Å². The van der Waals surface area contributed by atoms with E-state index in [0.29, 0.717) is 11.0 Å². The first kappa shape index (κ1) is 14.9. The minimum atomic E-state index is -4.36. The number of alkyl halides is 3. The maximum Gasteiger partial charge on any atom is 0.398 e. The maximum absolute atomic E-state index is 13.6. The van der Waals surface area contributed by atoms with E-state index in [0.717, 1.165) is 4.57 Å². The number of pyridine rings is 1. The molecule has 1 aliphatic rings. The lowest BCUT2D eigenvalue weighted by Crippen LogP contribution is -2.32. The van der Waals surface area contributed by atoms with Crippen LogP contribution in [0.15, 0.2) is 53.6 Å². The fourth-order valence-corrected chi connectivity index (χ4v) is 3.09. The van der Waals surface area contributed by atoms with Crippen LogP contribution >= 0.6 is 0 Å². The molecule has 0 saturated heterocycles. The van der Waals surface area contributed by atoms with Gasteiger partial charge in [0.2, 0.25) is 0 Å².